The van der Waals surface area contributed by atoms with E-state index >= 15 is 0 Å². The molecule has 0 atom stereocenters. The summed E-state index contributed by atoms with van der Waals surface area (Å²) in [6, 6.07) is 10.9. The highest BCUT2D eigenvalue weighted by atomic mass is 32.2. The van der Waals surface area contributed by atoms with E-state index in [4.69, 9.17) is 0 Å². The molecule has 1 N–H and O–H groups in total. The van der Waals surface area contributed by atoms with Gasteiger partial charge in [-0.25, -0.2) is 0 Å². The number of hydrogen-bond donors (Lipinski definition) is 1. The molecule has 0 saturated carbocycles. The summed E-state index contributed by atoms with van der Waals surface area (Å²) in [7, 11) is 0. The molecule has 0 bridgehead atoms. The molecule has 136 valence electrons. The zero-order chi connectivity index (χ0) is 19.1. The van der Waals surface area contributed by atoms with Crippen molar-refractivity contribution in [2.45, 2.75) is 12.7 Å². The third kappa shape index (κ3) is 5.28. The number of nitro groups is 2. The fourth-order valence-corrected chi connectivity index (χ4v) is 3.16. The quantitative estimate of drug-likeness (QED) is 0.429. The van der Waals surface area contributed by atoms with E-state index in [-0.39, 0.29) is 5.56 Å². The molecule has 0 aliphatic rings. The minimum Gasteiger partial charge on any atom is -0.351 e. The highest BCUT2D eigenvalue weighted by molar-refractivity contribution is 7.98. The number of nitrogens with zero attached hydrogens (tertiary/aromatic N) is 2. The third-order valence-corrected chi connectivity index (χ3v) is 4.65. The number of benzene rings is 2. The van der Waals surface area contributed by atoms with Crippen molar-refractivity contribution in [2.24, 2.45) is 0 Å². The van der Waals surface area contributed by atoms with Gasteiger partial charge in [-0.3, -0.25) is 25.0 Å². The summed E-state index contributed by atoms with van der Waals surface area (Å²) >= 11 is 1.64. The second-order valence-corrected chi connectivity index (χ2v) is 6.59. The van der Waals surface area contributed by atoms with E-state index in [1.54, 1.807) is 11.8 Å². The van der Waals surface area contributed by atoms with Gasteiger partial charge in [0.05, 0.1) is 21.5 Å². The maximum absolute atomic E-state index is 12.1. The molecule has 0 saturated heterocycles. The molecule has 9 heteroatoms. The number of nitrogens with one attached hydrogen (secondary N) is 1. The van der Waals surface area contributed by atoms with Crippen LogP contribution in [-0.2, 0) is 5.75 Å². The van der Waals surface area contributed by atoms with Crippen LogP contribution in [0, 0.1) is 27.2 Å². The van der Waals surface area contributed by atoms with Crippen LogP contribution < -0.4 is 5.32 Å². The molecule has 0 radical (unpaired) electrons. The maximum atomic E-state index is 12.1. The first-order valence-electron chi connectivity index (χ1n) is 7.73. The van der Waals surface area contributed by atoms with Crippen molar-refractivity contribution < 1.29 is 14.6 Å². The van der Waals surface area contributed by atoms with Gasteiger partial charge in [-0.05, 0) is 18.1 Å². The van der Waals surface area contributed by atoms with Crippen LogP contribution in [0.25, 0.3) is 0 Å². The Morgan fingerprint density at radius 1 is 1.08 bits per heavy atom. The lowest BCUT2D eigenvalue weighted by Crippen LogP contribution is -2.25. The first-order valence-corrected chi connectivity index (χ1v) is 8.88. The van der Waals surface area contributed by atoms with E-state index in [2.05, 4.69) is 5.32 Å². The number of non-ortho nitro benzene ring substituents is 2. The number of carbonyl (C=O) groups is 1. The second-order valence-electron chi connectivity index (χ2n) is 5.49. The van der Waals surface area contributed by atoms with Crippen LogP contribution >= 0.6 is 11.8 Å². The Bertz CT molecular complexity index is 809. The normalized spacial score (nSPS) is 10.3. The minimum atomic E-state index is -0.762. The number of carbonyl (C=O) groups excluding carboxylic acids is 1. The number of amides is 1. The number of thioether (sulfide) groups is 1. The number of rotatable bonds is 8. The summed E-state index contributed by atoms with van der Waals surface area (Å²) in [4.78, 5) is 32.3. The first kappa shape index (κ1) is 19.4. The lowest BCUT2D eigenvalue weighted by Gasteiger charge is -2.07. The molecule has 0 aliphatic carbocycles. The fourth-order valence-electron chi connectivity index (χ4n) is 2.23. The summed E-state index contributed by atoms with van der Waals surface area (Å²) in [6.45, 7) is 2.39. The van der Waals surface area contributed by atoms with Gasteiger partial charge in [-0.1, -0.05) is 24.3 Å². The molecular weight excluding hydrogens is 358 g/mol. The van der Waals surface area contributed by atoms with Crippen LogP contribution in [0.4, 0.5) is 11.4 Å². The van der Waals surface area contributed by atoms with E-state index in [9.17, 15) is 25.0 Å². The molecule has 2 aromatic carbocycles. The molecule has 0 aromatic heterocycles. The van der Waals surface area contributed by atoms with Crippen molar-refractivity contribution in [2.75, 3.05) is 12.3 Å². The Hall–Kier alpha value is -2.94. The van der Waals surface area contributed by atoms with Gasteiger partial charge in [0.1, 0.15) is 0 Å². The van der Waals surface area contributed by atoms with Gasteiger partial charge in [-0.2, -0.15) is 11.8 Å². The van der Waals surface area contributed by atoms with E-state index in [0.717, 1.165) is 24.0 Å². The molecule has 0 spiro atoms. The minimum absolute atomic E-state index is 0.102. The molecule has 8 nitrogen and oxygen atoms in total. The second kappa shape index (κ2) is 8.95. The van der Waals surface area contributed by atoms with Gasteiger partial charge in [0.2, 0.25) is 0 Å². The Balaban J connectivity index is 1.90. The average molecular weight is 375 g/mol. The molecule has 0 aliphatic heterocycles. The number of aryl methyl sites for hydroxylation is 1. The van der Waals surface area contributed by atoms with Crippen molar-refractivity contribution in [3.05, 3.63) is 79.4 Å². The molecule has 0 unspecified atom stereocenters. The largest absolute Gasteiger partial charge is 0.351 e. The molecule has 26 heavy (non-hydrogen) atoms. The molecule has 0 fully saturated rings. The molecule has 1 amide bonds. The van der Waals surface area contributed by atoms with Gasteiger partial charge in [-0.15, -0.1) is 0 Å². The zero-order valence-corrected chi connectivity index (χ0v) is 14.8. The van der Waals surface area contributed by atoms with Crippen LogP contribution in [0.2, 0.25) is 0 Å². The smallest absolute Gasteiger partial charge is 0.277 e. The summed E-state index contributed by atoms with van der Waals surface area (Å²) in [5, 5.41) is 24.3. The predicted molar refractivity (Wildman–Crippen MR) is 99.4 cm³/mol. The summed E-state index contributed by atoms with van der Waals surface area (Å²) in [5.74, 6) is 0.885. The van der Waals surface area contributed by atoms with Crippen LogP contribution in [0.15, 0.2) is 42.5 Å². The summed E-state index contributed by atoms with van der Waals surface area (Å²) in [6.07, 6.45) is 0. The first-order chi connectivity index (χ1) is 12.4. The van der Waals surface area contributed by atoms with E-state index in [1.807, 2.05) is 31.2 Å². The lowest BCUT2D eigenvalue weighted by atomic mass is 10.1. The molecule has 2 aromatic rings. The summed E-state index contributed by atoms with van der Waals surface area (Å²) in [5.41, 5.74) is 1.34. The van der Waals surface area contributed by atoms with Gasteiger partial charge < -0.3 is 5.32 Å². The Morgan fingerprint density at radius 2 is 1.69 bits per heavy atom. The van der Waals surface area contributed by atoms with E-state index < -0.39 is 27.1 Å². The van der Waals surface area contributed by atoms with E-state index in [1.165, 1.54) is 11.1 Å². The highest BCUT2D eigenvalue weighted by Gasteiger charge is 2.19. The third-order valence-electron chi connectivity index (χ3n) is 3.64. The SMILES string of the molecule is Cc1ccccc1CSCCNC(=O)c1cc([N+](=O)[O-])cc([N+](=O)[O-])c1. The Morgan fingerprint density at radius 3 is 2.27 bits per heavy atom. The van der Waals surface area contributed by atoms with Crippen LogP contribution in [0.3, 0.4) is 0 Å². The predicted octanol–water partition coefficient (Wildman–Crippen LogP) is 3.47. The van der Waals surface area contributed by atoms with Crippen LogP contribution in [0.1, 0.15) is 21.5 Å². The Kier molecular flexibility index (Phi) is 6.67. The lowest BCUT2D eigenvalue weighted by molar-refractivity contribution is -0.394. The molecule has 0 heterocycles. The van der Waals surface area contributed by atoms with Crippen molar-refractivity contribution in [1.82, 2.24) is 5.32 Å². The summed E-state index contributed by atoms with van der Waals surface area (Å²) < 4.78 is 0. The van der Waals surface area contributed by atoms with Crippen molar-refractivity contribution in [1.29, 1.82) is 0 Å². The number of hydrogen-bond acceptors (Lipinski definition) is 6. The standard InChI is InChI=1S/C17H17N3O5S/c1-12-4-2-3-5-13(12)11-26-7-6-18-17(21)14-8-15(19(22)23)10-16(9-14)20(24)25/h2-5,8-10H,6-7,11H2,1H3,(H,18,21). The van der Waals surface area contributed by atoms with Gasteiger partial charge in [0, 0.05) is 30.2 Å². The van der Waals surface area contributed by atoms with Crippen LogP contribution in [-0.4, -0.2) is 28.1 Å². The monoisotopic (exact) mass is 375 g/mol. The fraction of sp³-hybridized carbons (Fsp3) is 0.235. The van der Waals surface area contributed by atoms with Gasteiger partial charge in [0.25, 0.3) is 17.3 Å². The average Bonchev–Trinajstić information content (AvgIpc) is 2.62. The van der Waals surface area contributed by atoms with Crippen molar-refractivity contribution in [3.8, 4) is 0 Å². The topological polar surface area (TPSA) is 115 Å². The van der Waals surface area contributed by atoms with Crippen LogP contribution in [0.5, 0.6) is 0 Å². The van der Waals surface area contributed by atoms with Crippen molar-refractivity contribution >= 4 is 29.0 Å². The molecule has 2 rings (SSSR count). The number of nitro benzene ring substituents is 2. The van der Waals surface area contributed by atoms with Crippen molar-refractivity contribution in [3.63, 3.8) is 0 Å². The molecular formula is C17H17N3O5S. The maximum Gasteiger partial charge on any atom is 0.277 e. The van der Waals surface area contributed by atoms with Gasteiger partial charge in [0.15, 0.2) is 0 Å². The van der Waals surface area contributed by atoms with Gasteiger partial charge >= 0.3 is 0 Å². The highest BCUT2D eigenvalue weighted by Crippen LogP contribution is 2.22. The van der Waals surface area contributed by atoms with E-state index in [0.29, 0.717) is 12.3 Å². The Labute approximate surface area is 153 Å². The zero-order valence-electron chi connectivity index (χ0n) is 14.0.